The van der Waals surface area contributed by atoms with E-state index in [1.807, 2.05) is 46.4 Å². The summed E-state index contributed by atoms with van der Waals surface area (Å²) in [6.45, 7) is 18.8. The monoisotopic (exact) mass is 1200 g/mol. The third-order valence-electron chi connectivity index (χ3n) is 14.7. The number of unbranched alkanes of at least 4 members (excludes halogenated alkanes) is 6. The van der Waals surface area contributed by atoms with Crippen LogP contribution in [0.25, 0.3) is 0 Å². The third-order valence-corrected chi connectivity index (χ3v) is 14.7. The molecule has 0 radical (unpaired) electrons. The predicted molar refractivity (Wildman–Crippen MR) is 334 cm³/mol. The average molecular weight is 1200 g/mol. The lowest BCUT2D eigenvalue weighted by molar-refractivity contribution is 0.0916. The lowest BCUT2D eigenvalue weighted by Crippen LogP contribution is -2.45. The van der Waals surface area contributed by atoms with Gasteiger partial charge in [0.2, 0.25) is 0 Å². The first-order valence-corrected chi connectivity index (χ1v) is 31.8. The average Bonchev–Trinajstić information content (AvgIpc) is 2.46. The lowest BCUT2D eigenvalue weighted by atomic mass is 10.1. The minimum atomic E-state index is -0.445. The number of ether oxygens (including phenoxy) is 6. The Bertz CT molecular complexity index is 2490. The summed E-state index contributed by atoms with van der Waals surface area (Å²) in [5.74, 6) is -1.47. The summed E-state index contributed by atoms with van der Waals surface area (Å²) in [5, 5.41) is 18.5. The van der Waals surface area contributed by atoms with E-state index in [1.54, 1.807) is 36.4 Å². The molecular formula is C64H100N10O12. The van der Waals surface area contributed by atoms with E-state index in [4.69, 9.17) is 34.2 Å². The molecule has 3 aromatic carbocycles. The molecule has 0 aromatic heterocycles. The normalized spacial score (nSPS) is 17.5. The summed E-state index contributed by atoms with van der Waals surface area (Å²) >= 11 is 0. The molecule has 0 saturated carbocycles. The van der Waals surface area contributed by atoms with Crippen molar-refractivity contribution in [3.63, 3.8) is 0 Å². The van der Waals surface area contributed by atoms with Gasteiger partial charge < -0.3 is 66.1 Å². The molecule has 10 aliphatic heterocycles. The minimum Gasteiger partial charge on any atom is -0.489 e. The van der Waals surface area contributed by atoms with E-state index in [-0.39, 0.29) is 160 Å². The lowest BCUT2D eigenvalue weighted by Gasteiger charge is -2.28. The highest BCUT2D eigenvalue weighted by atomic mass is 16.5. The molecule has 86 heavy (non-hydrogen) atoms. The van der Waals surface area contributed by atoms with Crippen LogP contribution in [0, 0.1) is 0 Å². The maximum atomic E-state index is 14.4. The molecule has 13 rings (SSSR count). The van der Waals surface area contributed by atoms with Gasteiger partial charge in [0.05, 0.1) is 73.0 Å². The van der Waals surface area contributed by atoms with Crippen molar-refractivity contribution >= 4 is 35.4 Å². The third kappa shape index (κ3) is 22.1. The van der Waals surface area contributed by atoms with E-state index in [0.717, 1.165) is 38.5 Å². The van der Waals surface area contributed by atoms with Gasteiger partial charge in [-0.05, 0) is 74.9 Å². The van der Waals surface area contributed by atoms with Gasteiger partial charge in [0.15, 0.2) is 34.5 Å². The molecule has 10 heterocycles. The summed E-state index contributed by atoms with van der Waals surface area (Å²) < 4.78 is 38.3. The Kier molecular flexibility index (Phi) is 32.3. The Balaban J connectivity index is 1.66. The molecule has 478 valence electrons. The van der Waals surface area contributed by atoms with E-state index in [0.29, 0.717) is 90.9 Å². The zero-order valence-corrected chi connectivity index (χ0v) is 52.3. The number of hydrogen-bond acceptors (Lipinski definition) is 16. The number of nitrogens with zero attached hydrogens (tertiary/aromatic N) is 3. The quantitative estimate of drug-likeness (QED) is 0.0427. The molecule has 6 amide bonds. The van der Waals surface area contributed by atoms with Crippen LogP contribution in [0.15, 0.2) is 36.4 Å². The van der Waals surface area contributed by atoms with Crippen LogP contribution in [-0.2, 0) is 0 Å². The number of nitrogens with two attached hydrogens (primary N) is 1. The minimum absolute atomic E-state index is 0.134. The van der Waals surface area contributed by atoms with Crippen LogP contribution >= 0.6 is 0 Å². The molecule has 22 nitrogen and oxygen atoms in total. The molecule has 8 bridgehead atoms. The Morgan fingerprint density at radius 3 is 0.744 bits per heavy atom. The van der Waals surface area contributed by atoms with Gasteiger partial charge in [0.1, 0.15) is 0 Å². The Morgan fingerprint density at radius 1 is 0.326 bits per heavy atom. The van der Waals surface area contributed by atoms with E-state index < -0.39 is 35.4 Å². The summed E-state index contributed by atoms with van der Waals surface area (Å²) in [6, 6.07) is 9.55. The van der Waals surface area contributed by atoms with Gasteiger partial charge in [-0.25, -0.2) is 0 Å². The highest BCUT2D eigenvalue weighted by molar-refractivity contribution is 6.05. The fraction of sp³-hybridized carbons (Fsp3) is 0.625. The van der Waals surface area contributed by atoms with Crippen LogP contribution in [0.2, 0.25) is 0 Å². The van der Waals surface area contributed by atoms with Crippen molar-refractivity contribution in [3.8, 4) is 34.5 Å². The molecule has 0 unspecified atom stereocenters. The second kappa shape index (κ2) is 39.7. The Labute approximate surface area is 510 Å². The molecule has 0 spiro atoms. The standard InChI is InChI=1S/C64H100N10O12/c1-7-13-41-81-53-47-19-20-48(54(53)82-42-14-8-2)60(76)67-27-34-73-35-28-68-61(77)49-21-23-51(57(85-45-17-11-5)55(49)83-43-15-9-3)63(79)70-30-37-74(40-39-72(32-25-65)33-26-66-59(47)75)38-31-71-64(80)52-24-22-50(62(78)69-29-36-73)56(84-44-16-10-4)58(52)86-46-18-12-6/h19-24H,7-18,25-46,65H2,1-6H3,(H,66,75)(H,67,76)(H,68,77)(H,69,78)(H,70,79)(H,71,80). The van der Waals surface area contributed by atoms with Gasteiger partial charge in [-0.1, -0.05) is 80.1 Å². The molecular weight excluding hydrogens is 1100 g/mol. The number of rotatable bonds is 26. The highest BCUT2D eigenvalue weighted by Crippen LogP contribution is 2.39. The van der Waals surface area contributed by atoms with Crippen molar-refractivity contribution in [2.75, 3.05) is 144 Å². The number of benzene rings is 3. The second-order valence-corrected chi connectivity index (χ2v) is 21.5. The largest absolute Gasteiger partial charge is 0.489 e. The van der Waals surface area contributed by atoms with Crippen molar-refractivity contribution in [2.45, 2.75) is 119 Å². The van der Waals surface area contributed by atoms with Crippen LogP contribution in [-0.4, -0.2) is 195 Å². The number of hydrogen-bond donors (Lipinski definition) is 7. The number of nitrogens with one attached hydrogen (secondary N) is 6. The summed E-state index contributed by atoms with van der Waals surface area (Å²) in [6.07, 6.45) is 9.17. The second-order valence-electron chi connectivity index (χ2n) is 21.5. The predicted octanol–water partition coefficient (Wildman–Crippen LogP) is 6.43. The Hall–Kier alpha value is -6.88. The maximum absolute atomic E-state index is 14.4. The smallest absolute Gasteiger partial charge is 0.255 e. The van der Waals surface area contributed by atoms with Crippen molar-refractivity contribution < 1.29 is 57.2 Å². The van der Waals surface area contributed by atoms with E-state index in [9.17, 15) is 28.8 Å². The van der Waals surface area contributed by atoms with Crippen LogP contribution in [0.4, 0.5) is 0 Å². The summed E-state index contributed by atoms with van der Waals surface area (Å²) in [5.41, 5.74) is 7.48. The zero-order chi connectivity index (χ0) is 61.9. The highest BCUT2D eigenvalue weighted by Gasteiger charge is 2.29. The number of amides is 6. The molecule has 0 fully saturated rings. The number of carbonyl (C=O) groups excluding carboxylic acids is 6. The first kappa shape index (κ1) is 69.9. The fourth-order valence-corrected chi connectivity index (χ4v) is 9.54. The van der Waals surface area contributed by atoms with Gasteiger partial charge in [-0.2, -0.15) is 0 Å². The van der Waals surface area contributed by atoms with Crippen molar-refractivity contribution in [3.05, 3.63) is 69.8 Å². The van der Waals surface area contributed by atoms with Gasteiger partial charge in [0.25, 0.3) is 35.4 Å². The first-order chi connectivity index (χ1) is 41.9. The van der Waals surface area contributed by atoms with Crippen molar-refractivity contribution in [1.82, 2.24) is 46.6 Å². The summed E-state index contributed by atoms with van der Waals surface area (Å²) in [4.78, 5) is 92.7. The van der Waals surface area contributed by atoms with Gasteiger partial charge in [-0.3, -0.25) is 43.5 Å². The molecule has 22 heteroatoms. The molecule has 8 N–H and O–H groups in total. The molecule has 0 saturated heterocycles. The molecule has 0 atom stereocenters. The van der Waals surface area contributed by atoms with Gasteiger partial charge in [-0.15, -0.1) is 0 Å². The zero-order valence-electron chi connectivity index (χ0n) is 52.3. The maximum Gasteiger partial charge on any atom is 0.255 e. The van der Waals surface area contributed by atoms with E-state index in [1.165, 1.54) is 0 Å². The SMILES string of the molecule is CCCCOc1c2ccc(c1OCCCC)C(=O)NCCN(CCN)CCN1CCNC(=O)c3ccc(c(OCCCC)c3OCCCC)C(=O)NCCN(CCNC2=O)CCNC(=O)c2ccc(c(OCCCC)c2OCCCC)C(=O)NCC1. The van der Waals surface area contributed by atoms with Crippen LogP contribution < -0.4 is 66.1 Å². The van der Waals surface area contributed by atoms with Gasteiger partial charge >= 0.3 is 0 Å². The molecule has 0 aliphatic carbocycles. The number of carbonyl (C=O) groups is 6. The fourth-order valence-electron chi connectivity index (χ4n) is 9.54. The van der Waals surface area contributed by atoms with Crippen molar-refractivity contribution in [1.29, 1.82) is 0 Å². The molecule has 3 aromatic rings. The summed E-state index contributed by atoms with van der Waals surface area (Å²) in [7, 11) is 0. The van der Waals surface area contributed by atoms with Crippen LogP contribution in [0.3, 0.4) is 0 Å². The van der Waals surface area contributed by atoms with Crippen LogP contribution in [0.1, 0.15) is 181 Å². The topological polar surface area (TPSA) is 266 Å². The van der Waals surface area contributed by atoms with Crippen molar-refractivity contribution in [2.24, 2.45) is 5.73 Å². The Morgan fingerprint density at radius 2 is 0.535 bits per heavy atom. The van der Waals surface area contributed by atoms with Crippen LogP contribution in [0.5, 0.6) is 34.5 Å². The first-order valence-electron chi connectivity index (χ1n) is 31.8. The molecule has 10 aliphatic rings. The van der Waals surface area contributed by atoms with E-state index >= 15 is 0 Å². The van der Waals surface area contributed by atoms with Gasteiger partial charge in [0, 0.05) is 105 Å². The van der Waals surface area contributed by atoms with E-state index in [2.05, 4.69) is 41.7 Å².